The van der Waals surface area contributed by atoms with Crippen LogP contribution in [0.1, 0.15) is 56.0 Å². The molecular weight excluding hydrogens is 361 g/mol. The van der Waals surface area contributed by atoms with Gasteiger partial charge >= 0.3 is 0 Å². The molecule has 0 atom stereocenters. The Morgan fingerprint density at radius 3 is 2.45 bits per heavy atom. The Hall–Kier alpha value is -2.52. The van der Waals surface area contributed by atoms with E-state index in [1.165, 1.54) is 23.3 Å². The van der Waals surface area contributed by atoms with Gasteiger partial charge in [0.25, 0.3) is 0 Å². The first-order chi connectivity index (χ1) is 14.0. The molecule has 0 bridgehead atoms. The van der Waals surface area contributed by atoms with Crippen LogP contribution in [0, 0.1) is 5.82 Å². The monoisotopic (exact) mass is 393 g/mol. The van der Waals surface area contributed by atoms with E-state index >= 15 is 0 Å². The fourth-order valence-corrected chi connectivity index (χ4v) is 3.54. The minimum Gasteiger partial charge on any atom is -0.377 e. The number of aromatic nitrogens is 1. The first kappa shape index (κ1) is 22.8. The number of allylic oxidation sites excluding steroid dienone is 3. The topological polar surface area (TPSA) is 22.1 Å². The number of halogens is 1. The Morgan fingerprint density at radius 1 is 1.14 bits per heavy atom. The van der Waals surface area contributed by atoms with Crippen molar-refractivity contribution in [3.05, 3.63) is 83.3 Å². The van der Waals surface area contributed by atoms with Crippen LogP contribution in [0.2, 0.25) is 0 Å². The molecule has 0 N–H and O–H groups in total. The van der Waals surface area contributed by atoms with Crippen LogP contribution >= 0.6 is 0 Å². The minimum atomic E-state index is -0.244. The van der Waals surface area contributed by atoms with Crippen LogP contribution in [-0.2, 0) is 17.6 Å². The van der Waals surface area contributed by atoms with Gasteiger partial charge in [-0.1, -0.05) is 44.2 Å². The lowest BCUT2D eigenvalue weighted by Gasteiger charge is -2.22. The molecule has 1 aromatic carbocycles. The van der Waals surface area contributed by atoms with Crippen LogP contribution in [0.3, 0.4) is 0 Å². The van der Waals surface area contributed by atoms with Crippen molar-refractivity contribution in [2.24, 2.45) is 0 Å². The van der Waals surface area contributed by atoms with Crippen LogP contribution in [-0.4, -0.2) is 18.2 Å². The number of rotatable bonds is 10. The Balaban J connectivity index is 2.63. The van der Waals surface area contributed by atoms with Crippen molar-refractivity contribution in [1.82, 2.24) is 4.98 Å². The van der Waals surface area contributed by atoms with Gasteiger partial charge < -0.3 is 4.74 Å². The van der Waals surface area contributed by atoms with E-state index in [-0.39, 0.29) is 5.82 Å². The summed E-state index contributed by atoms with van der Waals surface area (Å²) in [6.45, 7) is 13.6. The standard InChI is InChI=1S/C26H32FNO/c1-6-9-17-29-18-16-22-24(11-8-3)28-26(20-12-14-21(27)15-13-20)23(10-7-2)25(22)19(4)5/h6-10,12-15,19H,3,11,16-18H2,1-2,4-5H3/b9-6-,10-7+. The summed E-state index contributed by atoms with van der Waals surface area (Å²) in [6.07, 6.45) is 11.5. The van der Waals surface area contributed by atoms with Crippen LogP contribution in [0.4, 0.5) is 4.39 Å². The molecule has 0 unspecified atom stereocenters. The van der Waals surface area contributed by atoms with Crippen molar-refractivity contribution in [2.45, 2.75) is 46.5 Å². The lowest BCUT2D eigenvalue weighted by molar-refractivity contribution is 0.165. The van der Waals surface area contributed by atoms with E-state index in [2.05, 4.69) is 26.5 Å². The maximum atomic E-state index is 13.5. The third-order valence-corrected chi connectivity index (χ3v) is 4.78. The zero-order chi connectivity index (χ0) is 21.2. The molecule has 154 valence electrons. The average Bonchev–Trinajstić information content (AvgIpc) is 2.70. The van der Waals surface area contributed by atoms with Crippen molar-refractivity contribution in [3.8, 4) is 11.3 Å². The first-order valence-corrected chi connectivity index (χ1v) is 10.3. The lowest BCUT2D eigenvalue weighted by atomic mass is 9.86. The molecule has 0 amide bonds. The second-order valence-corrected chi connectivity index (χ2v) is 7.26. The molecule has 29 heavy (non-hydrogen) atoms. The van der Waals surface area contributed by atoms with Crippen LogP contribution in [0.5, 0.6) is 0 Å². The molecule has 2 rings (SSSR count). The number of pyridine rings is 1. The second kappa shape index (κ2) is 11.5. The Morgan fingerprint density at radius 2 is 1.86 bits per heavy atom. The molecular formula is C26H32FNO. The highest BCUT2D eigenvalue weighted by atomic mass is 19.1. The van der Waals surface area contributed by atoms with E-state index in [1.54, 1.807) is 12.1 Å². The highest BCUT2D eigenvalue weighted by molar-refractivity contribution is 5.76. The van der Waals surface area contributed by atoms with Crippen molar-refractivity contribution < 1.29 is 9.13 Å². The van der Waals surface area contributed by atoms with E-state index < -0.39 is 0 Å². The van der Waals surface area contributed by atoms with Crippen LogP contribution in [0.25, 0.3) is 17.3 Å². The van der Waals surface area contributed by atoms with Gasteiger partial charge in [0, 0.05) is 23.2 Å². The van der Waals surface area contributed by atoms with Crippen LogP contribution < -0.4 is 0 Å². The number of hydrogen-bond acceptors (Lipinski definition) is 2. The van der Waals surface area contributed by atoms with Gasteiger partial charge in [-0.15, -0.1) is 6.58 Å². The van der Waals surface area contributed by atoms with E-state index in [0.717, 1.165) is 28.9 Å². The molecule has 1 aromatic heterocycles. The average molecular weight is 394 g/mol. The number of nitrogens with zero attached hydrogens (tertiary/aromatic N) is 1. The molecule has 2 nitrogen and oxygen atoms in total. The second-order valence-electron chi connectivity index (χ2n) is 7.26. The molecule has 0 radical (unpaired) electrons. The highest BCUT2D eigenvalue weighted by Gasteiger charge is 2.20. The largest absolute Gasteiger partial charge is 0.377 e. The van der Waals surface area contributed by atoms with E-state index in [4.69, 9.17) is 9.72 Å². The molecule has 2 aromatic rings. The van der Waals surface area contributed by atoms with Crippen molar-refractivity contribution in [3.63, 3.8) is 0 Å². The quantitative estimate of drug-likeness (QED) is 0.323. The van der Waals surface area contributed by atoms with E-state index in [1.807, 2.05) is 38.2 Å². The summed E-state index contributed by atoms with van der Waals surface area (Å²) in [7, 11) is 0. The Bertz CT molecular complexity index is 863. The number of benzene rings is 1. The Labute approximate surface area is 174 Å². The normalized spacial score (nSPS) is 11.8. The van der Waals surface area contributed by atoms with E-state index in [0.29, 0.717) is 25.6 Å². The van der Waals surface area contributed by atoms with Gasteiger partial charge in [-0.2, -0.15) is 0 Å². The van der Waals surface area contributed by atoms with Crippen LogP contribution in [0.15, 0.2) is 55.1 Å². The molecule has 0 spiro atoms. The molecule has 3 heteroatoms. The zero-order valence-electron chi connectivity index (χ0n) is 18.0. The maximum Gasteiger partial charge on any atom is 0.123 e. The predicted octanol–water partition coefficient (Wildman–Crippen LogP) is 6.91. The lowest BCUT2D eigenvalue weighted by Crippen LogP contribution is -2.12. The summed E-state index contributed by atoms with van der Waals surface area (Å²) < 4.78 is 19.3. The molecule has 0 aliphatic carbocycles. The highest BCUT2D eigenvalue weighted by Crippen LogP contribution is 2.35. The molecule has 0 aliphatic heterocycles. The molecule has 0 saturated heterocycles. The fraction of sp³-hybridized carbons (Fsp3) is 0.346. The van der Waals surface area contributed by atoms with Crippen molar-refractivity contribution >= 4 is 6.08 Å². The van der Waals surface area contributed by atoms with Gasteiger partial charge in [0.15, 0.2) is 0 Å². The van der Waals surface area contributed by atoms with Gasteiger partial charge in [0.1, 0.15) is 5.82 Å². The summed E-state index contributed by atoms with van der Waals surface area (Å²) >= 11 is 0. The SMILES string of the molecule is C=CCc1nc(-c2ccc(F)cc2)c(/C=C/C)c(C(C)C)c1CCOC/C=C\C. The third-order valence-electron chi connectivity index (χ3n) is 4.78. The number of ether oxygens (including phenoxy) is 1. The van der Waals surface area contributed by atoms with Gasteiger partial charge in [0.05, 0.1) is 18.9 Å². The third kappa shape index (κ3) is 5.98. The fourth-order valence-electron chi connectivity index (χ4n) is 3.54. The molecule has 0 fully saturated rings. The molecule has 0 aliphatic rings. The van der Waals surface area contributed by atoms with Gasteiger partial charge in [-0.05, 0) is 61.6 Å². The first-order valence-electron chi connectivity index (χ1n) is 10.3. The summed E-state index contributed by atoms with van der Waals surface area (Å²) in [5.74, 6) is 0.0733. The summed E-state index contributed by atoms with van der Waals surface area (Å²) in [5.41, 5.74) is 6.45. The van der Waals surface area contributed by atoms with Gasteiger partial charge in [-0.25, -0.2) is 4.39 Å². The molecule has 1 heterocycles. The zero-order valence-corrected chi connectivity index (χ0v) is 18.0. The van der Waals surface area contributed by atoms with Gasteiger partial charge in [0.2, 0.25) is 0 Å². The summed E-state index contributed by atoms with van der Waals surface area (Å²) in [4.78, 5) is 5.02. The van der Waals surface area contributed by atoms with E-state index in [9.17, 15) is 4.39 Å². The van der Waals surface area contributed by atoms with Crippen molar-refractivity contribution in [2.75, 3.05) is 13.2 Å². The molecule has 0 saturated carbocycles. The minimum absolute atomic E-state index is 0.244. The number of hydrogen-bond donors (Lipinski definition) is 0. The summed E-state index contributed by atoms with van der Waals surface area (Å²) in [6, 6.07) is 6.57. The van der Waals surface area contributed by atoms with Crippen molar-refractivity contribution in [1.29, 1.82) is 0 Å². The predicted molar refractivity (Wildman–Crippen MR) is 122 cm³/mol. The maximum absolute atomic E-state index is 13.5. The van der Waals surface area contributed by atoms with Gasteiger partial charge in [-0.3, -0.25) is 4.98 Å². The smallest absolute Gasteiger partial charge is 0.123 e. The Kier molecular flexibility index (Phi) is 9.01. The summed E-state index contributed by atoms with van der Waals surface area (Å²) in [5, 5.41) is 0.